The smallest absolute Gasteiger partial charge is 0.410 e. The zero-order valence-corrected chi connectivity index (χ0v) is 20.4. The molecule has 2 aromatic carbocycles. The third kappa shape index (κ3) is 5.60. The van der Waals surface area contributed by atoms with Gasteiger partial charge in [-0.2, -0.15) is 4.68 Å². The summed E-state index contributed by atoms with van der Waals surface area (Å²) in [5, 5.41) is 17.9. The molecule has 0 radical (unpaired) electrons. The summed E-state index contributed by atoms with van der Waals surface area (Å²) in [6, 6.07) is 15.0. The van der Waals surface area contributed by atoms with Crippen molar-refractivity contribution >= 4 is 11.9 Å². The number of hydrogen-bond acceptors (Lipinski definition) is 8. The maximum absolute atomic E-state index is 12.8. The van der Waals surface area contributed by atoms with Gasteiger partial charge in [0.05, 0.1) is 17.4 Å². The fraction of sp³-hybridized carbons (Fsp3) is 0.280. The van der Waals surface area contributed by atoms with Gasteiger partial charge in [-0.15, -0.1) is 5.10 Å². The molecule has 0 unspecified atom stereocenters. The van der Waals surface area contributed by atoms with Crippen molar-refractivity contribution in [2.75, 3.05) is 12.4 Å². The summed E-state index contributed by atoms with van der Waals surface area (Å²) in [6.07, 6.45) is 0.843. The molecule has 4 rings (SSSR count). The average Bonchev–Trinajstić information content (AvgIpc) is 3.35. The lowest BCUT2D eigenvalue weighted by Crippen LogP contribution is -2.30. The quantitative estimate of drug-likeness (QED) is 0.405. The minimum atomic E-state index is -0.602. The number of rotatable bonds is 7. The zero-order chi connectivity index (χ0) is 24.9. The minimum absolute atomic E-state index is 0.108. The number of ether oxygens (including phenoxy) is 1. The Morgan fingerprint density at radius 3 is 2.49 bits per heavy atom. The van der Waals surface area contributed by atoms with Gasteiger partial charge in [0.1, 0.15) is 17.9 Å². The summed E-state index contributed by atoms with van der Waals surface area (Å²) in [7, 11) is 1.77. The highest BCUT2D eigenvalue weighted by molar-refractivity contribution is 5.74. The van der Waals surface area contributed by atoms with Crippen molar-refractivity contribution in [2.45, 2.75) is 39.7 Å². The van der Waals surface area contributed by atoms with E-state index in [1.54, 1.807) is 23.9 Å². The topological polar surface area (TPSA) is 120 Å². The summed E-state index contributed by atoms with van der Waals surface area (Å²) in [5.74, 6) is 1.84. The number of nitrogens with one attached hydrogen (secondary N) is 2. The van der Waals surface area contributed by atoms with E-state index in [4.69, 9.17) is 4.74 Å². The number of carbonyl (C=O) groups is 1. The fourth-order valence-electron chi connectivity index (χ4n) is 3.55. The first kappa shape index (κ1) is 23.8. The van der Waals surface area contributed by atoms with Crippen molar-refractivity contribution in [1.29, 1.82) is 0 Å². The Bertz CT molecular complexity index is 1320. The Balaban J connectivity index is 1.64. The lowest BCUT2D eigenvalue weighted by molar-refractivity contribution is 0.196. The standard InChI is InChI=1S/C25H28N8O2/c1-15(2)24-30-31-32-33(24)20-10-19(18-8-6-16(3)7-9-18)11-21(12-20)35-25(34)29-17(4)22-13-23(26-5)28-14-27-22/h6-15,17H,1-5H3,(H,29,34)(H,26,27,28)/t17-/m0/s1. The van der Waals surface area contributed by atoms with Crippen molar-refractivity contribution in [3.63, 3.8) is 0 Å². The SMILES string of the molecule is CNc1cc([C@H](C)NC(=O)Oc2cc(-c3ccc(C)cc3)cc(-n3nnnc3C(C)C)c2)ncn1. The number of tetrazole rings is 1. The van der Waals surface area contributed by atoms with E-state index < -0.39 is 6.09 Å². The summed E-state index contributed by atoms with van der Waals surface area (Å²) in [4.78, 5) is 21.1. The van der Waals surface area contributed by atoms with Crippen LogP contribution in [0.2, 0.25) is 0 Å². The number of amides is 1. The van der Waals surface area contributed by atoms with Crippen LogP contribution in [0.3, 0.4) is 0 Å². The summed E-state index contributed by atoms with van der Waals surface area (Å²) in [6.45, 7) is 7.90. The molecule has 0 aliphatic carbocycles. The molecule has 4 aromatic rings. The second-order valence-electron chi connectivity index (χ2n) is 8.52. The first-order chi connectivity index (χ1) is 16.8. The molecule has 0 aliphatic heterocycles. The van der Waals surface area contributed by atoms with E-state index in [9.17, 15) is 4.79 Å². The van der Waals surface area contributed by atoms with Crippen LogP contribution in [0.4, 0.5) is 10.6 Å². The number of aromatic nitrogens is 6. The van der Waals surface area contributed by atoms with Gasteiger partial charge in [-0.1, -0.05) is 43.7 Å². The first-order valence-electron chi connectivity index (χ1n) is 11.3. The molecule has 0 saturated carbocycles. The van der Waals surface area contributed by atoms with Gasteiger partial charge in [-0.3, -0.25) is 0 Å². The minimum Gasteiger partial charge on any atom is -0.410 e. The molecule has 10 heteroatoms. The molecule has 180 valence electrons. The largest absolute Gasteiger partial charge is 0.413 e. The Labute approximate surface area is 203 Å². The second-order valence-corrected chi connectivity index (χ2v) is 8.52. The lowest BCUT2D eigenvalue weighted by atomic mass is 10.0. The van der Waals surface area contributed by atoms with Gasteiger partial charge in [0.25, 0.3) is 0 Å². The van der Waals surface area contributed by atoms with Gasteiger partial charge in [0.15, 0.2) is 5.82 Å². The van der Waals surface area contributed by atoms with Gasteiger partial charge in [0, 0.05) is 25.1 Å². The molecule has 1 atom stereocenters. The van der Waals surface area contributed by atoms with Crippen LogP contribution in [0, 0.1) is 6.92 Å². The molecule has 0 fully saturated rings. The molecule has 2 aromatic heterocycles. The molecule has 2 heterocycles. The molecule has 10 nitrogen and oxygen atoms in total. The monoisotopic (exact) mass is 472 g/mol. The van der Waals surface area contributed by atoms with Crippen LogP contribution >= 0.6 is 0 Å². The van der Waals surface area contributed by atoms with Crippen molar-refractivity contribution < 1.29 is 9.53 Å². The molecule has 0 spiro atoms. The van der Waals surface area contributed by atoms with Crippen LogP contribution in [0.5, 0.6) is 5.75 Å². The fourth-order valence-corrected chi connectivity index (χ4v) is 3.55. The van der Waals surface area contributed by atoms with Crippen LogP contribution in [0.1, 0.15) is 49.8 Å². The highest BCUT2D eigenvalue weighted by atomic mass is 16.6. The van der Waals surface area contributed by atoms with Crippen LogP contribution in [-0.4, -0.2) is 43.3 Å². The van der Waals surface area contributed by atoms with Gasteiger partial charge in [-0.05, 0) is 47.5 Å². The molecule has 0 bridgehead atoms. The van der Waals surface area contributed by atoms with E-state index in [-0.39, 0.29) is 12.0 Å². The van der Waals surface area contributed by atoms with Gasteiger partial charge in [0.2, 0.25) is 0 Å². The molecule has 35 heavy (non-hydrogen) atoms. The number of anilines is 1. The van der Waals surface area contributed by atoms with E-state index >= 15 is 0 Å². The zero-order valence-electron chi connectivity index (χ0n) is 20.4. The number of aryl methyl sites for hydroxylation is 1. The maximum atomic E-state index is 12.8. The Morgan fingerprint density at radius 1 is 1.00 bits per heavy atom. The number of carbonyl (C=O) groups excluding carboxylic acids is 1. The van der Waals surface area contributed by atoms with E-state index in [1.807, 2.05) is 64.1 Å². The van der Waals surface area contributed by atoms with Crippen molar-refractivity contribution in [3.05, 3.63) is 71.9 Å². The predicted molar refractivity (Wildman–Crippen MR) is 133 cm³/mol. The van der Waals surface area contributed by atoms with E-state index in [0.29, 0.717) is 28.8 Å². The van der Waals surface area contributed by atoms with Crippen LogP contribution in [-0.2, 0) is 0 Å². The van der Waals surface area contributed by atoms with E-state index in [0.717, 1.165) is 16.7 Å². The van der Waals surface area contributed by atoms with Gasteiger partial charge < -0.3 is 15.4 Å². The number of nitrogens with zero attached hydrogens (tertiary/aromatic N) is 6. The molecule has 0 aliphatic rings. The van der Waals surface area contributed by atoms with E-state index in [1.165, 1.54) is 6.33 Å². The maximum Gasteiger partial charge on any atom is 0.413 e. The van der Waals surface area contributed by atoms with Crippen molar-refractivity contribution in [3.8, 4) is 22.6 Å². The third-order valence-electron chi connectivity index (χ3n) is 5.46. The Kier molecular flexibility index (Phi) is 7.00. The molecular weight excluding hydrogens is 444 g/mol. The molecule has 0 saturated heterocycles. The predicted octanol–water partition coefficient (Wildman–Crippen LogP) is 4.44. The third-order valence-corrected chi connectivity index (χ3v) is 5.46. The summed E-state index contributed by atoms with van der Waals surface area (Å²) >= 11 is 0. The number of benzene rings is 2. The van der Waals surface area contributed by atoms with Crippen LogP contribution in [0.15, 0.2) is 54.9 Å². The summed E-state index contributed by atoms with van der Waals surface area (Å²) < 4.78 is 7.36. The van der Waals surface area contributed by atoms with Gasteiger partial charge >= 0.3 is 6.09 Å². The van der Waals surface area contributed by atoms with E-state index in [2.05, 4.69) is 36.1 Å². The Morgan fingerprint density at radius 2 is 1.77 bits per heavy atom. The molecule has 2 N–H and O–H groups in total. The molecule has 1 amide bonds. The number of hydrogen-bond donors (Lipinski definition) is 2. The lowest BCUT2D eigenvalue weighted by Gasteiger charge is -2.15. The molecular formula is C25H28N8O2. The first-order valence-corrected chi connectivity index (χ1v) is 11.3. The van der Waals surface area contributed by atoms with Crippen molar-refractivity contribution in [2.24, 2.45) is 0 Å². The second kappa shape index (κ2) is 10.3. The van der Waals surface area contributed by atoms with Crippen LogP contribution < -0.4 is 15.4 Å². The van der Waals surface area contributed by atoms with Gasteiger partial charge in [-0.25, -0.2) is 14.8 Å². The Hall–Kier alpha value is -4.34. The van der Waals surface area contributed by atoms with Crippen molar-refractivity contribution in [1.82, 2.24) is 35.5 Å². The normalized spacial score (nSPS) is 11.8. The highest BCUT2D eigenvalue weighted by Gasteiger charge is 2.17. The van der Waals surface area contributed by atoms with Crippen LogP contribution in [0.25, 0.3) is 16.8 Å². The average molecular weight is 473 g/mol. The highest BCUT2D eigenvalue weighted by Crippen LogP contribution is 2.29. The summed E-state index contributed by atoms with van der Waals surface area (Å²) in [5.41, 5.74) is 4.37.